The van der Waals surface area contributed by atoms with Crippen LogP contribution in [0.25, 0.3) is 0 Å². The van der Waals surface area contributed by atoms with Gasteiger partial charge in [0.25, 0.3) is 0 Å². The van der Waals surface area contributed by atoms with Crippen molar-refractivity contribution >= 4 is 35.8 Å². The molecule has 1 spiro atoms. The summed E-state index contributed by atoms with van der Waals surface area (Å²) in [7, 11) is 5.94. The first kappa shape index (κ1) is 20.3. The van der Waals surface area contributed by atoms with Crippen molar-refractivity contribution in [3.8, 4) is 0 Å². The van der Waals surface area contributed by atoms with Crippen molar-refractivity contribution in [3.05, 3.63) is 23.9 Å². The number of halogens is 1. The van der Waals surface area contributed by atoms with Gasteiger partial charge in [0, 0.05) is 47.0 Å². The zero-order valence-electron chi connectivity index (χ0n) is 15.8. The average molecular weight is 457 g/mol. The normalized spacial score (nSPS) is 19.6. The highest BCUT2D eigenvalue weighted by atomic mass is 127. The van der Waals surface area contributed by atoms with Gasteiger partial charge in [-0.1, -0.05) is 19.3 Å². The van der Waals surface area contributed by atoms with Crippen LogP contribution in [0.15, 0.2) is 23.3 Å². The monoisotopic (exact) mass is 457 g/mol. The maximum Gasteiger partial charge on any atom is 0.193 e. The second kappa shape index (κ2) is 9.05. The largest absolute Gasteiger partial charge is 0.363 e. The molecule has 0 unspecified atom stereocenters. The molecule has 6 heteroatoms. The van der Waals surface area contributed by atoms with Crippen LogP contribution < -0.4 is 10.2 Å². The number of aromatic nitrogens is 1. The van der Waals surface area contributed by atoms with Crippen LogP contribution in [-0.4, -0.2) is 50.1 Å². The van der Waals surface area contributed by atoms with Crippen LogP contribution in [0.4, 0.5) is 5.82 Å². The Hall–Kier alpha value is -1.05. The Labute approximate surface area is 169 Å². The molecule has 1 N–H and O–H groups in total. The standard InChI is InChI=1S/C19H31N5.HI/c1-20-18(22-14-16-7-11-21-17(13-16)23(2)3)24-12-10-19(15-24)8-5-4-6-9-19;/h7,11,13H,4-6,8-10,12,14-15H2,1-3H3,(H,20,22);1H. The van der Waals surface area contributed by atoms with Crippen LogP contribution >= 0.6 is 24.0 Å². The van der Waals surface area contributed by atoms with Gasteiger partial charge in [0.15, 0.2) is 5.96 Å². The highest BCUT2D eigenvalue weighted by Crippen LogP contribution is 2.43. The molecule has 0 amide bonds. The fourth-order valence-corrected chi connectivity index (χ4v) is 4.15. The minimum atomic E-state index is 0. The zero-order chi connectivity index (χ0) is 17.0. The minimum absolute atomic E-state index is 0. The molecule has 3 rings (SSSR count). The van der Waals surface area contributed by atoms with Crippen molar-refractivity contribution in [3.63, 3.8) is 0 Å². The third-order valence-electron chi connectivity index (χ3n) is 5.58. The summed E-state index contributed by atoms with van der Waals surface area (Å²) in [5, 5.41) is 3.55. The lowest BCUT2D eigenvalue weighted by Crippen LogP contribution is -2.41. The molecular formula is C19H32IN5. The van der Waals surface area contributed by atoms with Gasteiger partial charge in [0.05, 0.1) is 0 Å². The second-order valence-corrected chi connectivity index (χ2v) is 7.55. The molecule has 5 nitrogen and oxygen atoms in total. The van der Waals surface area contributed by atoms with Crippen LogP contribution in [0.2, 0.25) is 0 Å². The number of hydrogen-bond acceptors (Lipinski definition) is 3. The van der Waals surface area contributed by atoms with Gasteiger partial charge in [-0.2, -0.15) is 0 Å². The second-order valence-electron chi connectivity index (χ2n) is 7.55. The number of rotatable bonds is 3. The molecular weight excluding hydrogens is 425 g/mol. The van der Waals surface area contributed by atoms with Crippen molar-refractivity contribution in [2.75, 3.05) is 39.1 Å². The van der Waals surface area contributed by atoms with E-state index < -0.39 is 0 Å². The fraction of sp³-hybridized carbons (Fsp3) is 0.684. The summed E-state index contributed by atoms with van der Waals surface area (Å²) in [6, 6.07) is 4.20. The molecule has 140 valence electrons. The highest BCUT2D eigenvalue weighted by molar-refractivity contribution is 14.0. The Morgan fingerprint density at radius 1 is 1.28 bits per heavy atom. The first-order valence-corrected chi connectivity index (χ1v) is 9.20. The number of nitrogens with one attached hydrogen (secondary N) is 1. The van der Waals surface area contributed by atoms with E-state index in [1.165, 1.54) is 50.6 Å². The van der Waals surface area contributed by atoms with Gasteiger partial charge >= 0.3 is 0 Å². The maximum absolute atomic E-state index is 4.53. The summed E-state index contributed by atoms with van der Waals surface area (Å²) >= 11 is 0. The maximum atomic E-state index is 4.53. The first-order chi connectivity index (χ1) is 11.6. The van der Waals surface area contributed by atoms with E-state index in [2.05, 4.69) is 32.3 Å². The van der Waals surface area contributed by atoms with Gasteiger partial charge < -0.3 is 15.1 Å². The van der Waals surface area contributed by atoms with E-state index in [9.17, 15) is 0 Å². The van der Waals surface area contributed by atoms with Crippen molar-refractivity contribution in [1.82, 2.24) is 15.2 Å². The molecule has 1 aromatic rings. The Kier molecular flexibility index (Phi) is 7.34. The van der Waals surface area contributed by atoms with Gasteiger partial charge in [-0.15, -0.1) is 24.0 Å². The minimum Gasteiger partial charge on any atom is -0.363 e. The molecule has 2 fully saturated rings. The smallest absolute Gasteiger partial charge is 0.193 e. The molecule has 1 aliphatic heterocycles. The zero-order valence-corrected chi connectivity index (χ0v) is 18.1. The number of anilines is 1. The SMILES string of the molecule is CN=C(NCc1ccnc(N(C)C)c1)N1CCC2(CCCCC2)C1.I. The molecule has 2 heterocycles. The first-order valence-electron chi connectivity index (χ1n) is 9.20. The van der Waals surface area contributed by atoms with E-state index in [0.29, 0.717) is 5.41 Å². The van der Waals surface area contributed by atoms with Gasteiger partial charge in [0.1, 0.15) is 5.82 Å². The quantitative estimate of drug-likeness (QED) is 0.429. The molecule has 0 radical (unpaired) electrons. The number of hydrogen-bond donors (Lipinski definition) is 1. The summed E-state index contributed by atoms with van der Waals surface area (Å²) in [4.78, 5) is 13.4. The molecule has 1 saturated heterocycles. The molecule has 0 bridgehead atoms. The van der Waals surface area contributed by atoms with Gasteiger partial charge in [-0.3, -0.25) is 4.99 Å². The van der Waals surface area contributed by atoms with Crippen molar-refractivity contribution in [2.45, 2.75) is 45.1 Å². The van der Waals surface area contributed by atoms with Crippen LogP contribution in [-0.2, 0) is 6.54 Å². The lowest BCUT2D eigenvalue weighted by atomic mass is 9.73. The molecule has 1 aromatic heterocycles. The Balaban J connectivity index is 0.00000225. The van der Waals surface area contributed by atoms with E-state index in [-0.39, 0.29) is 24.0 Å². The Bertz CT molecular complexity index is 581. The molecule has 1 aliphatic carbocycles. The van der Waals surface area contributed by atoms with E-state index in [1.54, 1.807) is 0 Å². The number of likely N-dealkylation sites (tertiary alicyclic amines) is 1. The summed E-state index contributed by atoms with van der Waals surface area (Å²) in [5.41, 5.74) is 1.80. The van der Waals surface area contributed by atoms with Crippen molar-refractivity contribution < 1.29 is 0 Å². The average Bonchev–Trinajstić information content (AvgIpc) is 2.99. The van der Waals surface area contributed by atoms with Gasteiger partial charge in [0.2, 0.25) is 0 Å². The molecule has 25 heavy (non-hydrogen) atoms. The van der Waals surface area contributed by atoms with Crippen LogP contribution in [0.3, 0.4) is 0 Å². The predicted molar refractivity (Wildman–Crippen MR) is 116 cm³/mol. The molecule has 0 aromatic carbocycles. The summed E-state index contributed by atoms with van der Waals surface area (Å²) < 4.78 is 0. The number of pyridine rings is 1. The molecule has 1 saturated carbocycles. The van der Waals surface area contributed by atoms with Gasteiger partial charge in [-0.25, -0.2) is 4.98 Å². The number of nitrogens with zero attached hydrogens (tertiary/aromatic N) is 4. The third-order valence-corrected chi connectivity index (χ3v) is 5.58. The van der Waals surface area contributed by atoms with E-state index in [1.807, 2.05) is 32.2 Å². The van der Waals surface area contributed by atoms with Crippen LogP contribution in [0.1, 0.15) is 44.1 Å². The predicted octanol–water partition coefficient (Wildman–Crippen LogP) is 3.50. The Morgan fingerprint density at radius 3 is 2.72 bits per heavy atom. The highest BCUT2D eigenvalue weighted by Gasteiger charge is 2.39. The lowest BCUT2D eigenvalue weighted by Gasteiger charge is -2.33. The lowest BCUT2D eigenvalue weighted by molar-refractivity contribution is 0.203. The topological polar surface area (TPSA) is 43.8 Å². The number of guanidine groups is 1. The van der Waals surface area contributed by atoms with Crippen molar-refractivity contribution in [1.29, 1.82) is 0 Å². The fourth-order valence-electron chi connectivity index (χ4n) is 4.15. The summed E-state index contributed by atoms with van der Waals surface area (Å²) in [6.07, 6.45) is 10.2. The van der Waals surface area contributed by atoms with Crippen LogP contribution in [0, 0.1) is 5.41 Å². The van der Waals surface area contributed by atoms with Crippen molar-refractivity contribution in [2.24, 2.45) is 10.4 Å². The third kappa shape index (κ3) is 4.99. The van der Waals surface area contributed by atoms with Crippen LogP contribution in [0.5, 0.6) is 0 Å². The number of aliphatic imine (C=N–C) groups is 1. The van der Waals surface area contributed by atoms with Gasteiger partial charge in [-0.05, 0) is 42.4 Å². The summed E-state index contributed by atoms with van der Waals surface area (Å²) in [6.45, 7) is 3.10. The van der Waals surface area contributed by atoms with E-state index >= 15 is 0 Å². The van der Waals surface area contributed by atoms with E-state index in [0.717, 1.165) is 24.9 Å². The van der Waals surface area contributed by atoms with E-state index in [4.69, 9.17) is 0 Å². The Morgan fingerprint density at radius 2 is 2.04 bits per heavy atom. The molecule has 2 aliphatic rings. The summed E-state index contributed by atoms with van der Waals surface area (Å²) in [5.74, 6) is 2.03. The molecule has 0 atom stereocenters.